The lowest BCUT2D eigenvalue weighted by atomic mass is 9.98. The molecule has 5 rings (SSSR count). The molecule has 2 aliphatic rings. The zero-order valence-electron chi connectivity index (χ0n) is 20.6. The smallest absolute Gasteiger partial charge is 0.317 e. The molecule has 1 aromatic heterocycles. The van der Waals surface area contributed by atoms with Gasteiger partial charge in [0.05, 0.1) is 25.1 Å². The van der Waals surface area contributed by atoms with Gasteiger partial charge in [-0.25, -0.2) is 9.48 Å². The van der Waals surface area contributed by atoms with Crippen molar-refractivity contribution < 1.29 is 14.3 Å². The van der Waals surface area contributed by atoms with E-state index in [1.165, 1.54) is 18.5 Å². The summed E-state index contributed by atoms with van der Waals surface area (Å²) in [4.78, 5) is 13.6. The summed E-state index contributed by atoms with van der Waals surface area (Å²) in [5.74, 6) is 2.31. The number of ether oxygens (including phenoxy) is 2. The molecule has 35 heavy (non-hydrogen) atoms. The summed E-state index contributed by atoms with van der Waals surface area (Å²) in [6, 6.07) is 17.6. The molecule has 1 fully saturated rings. The number of carbonyl (C=O) groups excluding carboxylic acids is 1. The molecule has 1 aliphatic heterocycles. The van der Waals surface area contributed by atoms with Crippen LogP contribution in [0.25, 0.3) is 5.69 Å². The van der Waals surface area contributed by atoms with Crippen LogP contribution in [-0.2, 0) is 17.6 Å². The number of anilines is 1. The van der Waals surface area contributed by atoms with Crippen LogP contribution in [0.15, 0.2) is 54.6 Å². The van der Waals surface area contributed by atoms with Gasteiger partial charge in [0, 0.05) is 25.8 Å². The summed E-state index contributed by atoms with van der Waals surface area (Å²) in [6.07, 6.45) is 4.22. The summed E-state index contributed by atoms with van der Waals surface area (Å²) < 4.78 is 12.2. The molecule has 8 nitrogen and oxygen atoms in total. The molecule has 1 atom stereocenters. The van der Waals surface area contributed by atoms with Crippen molar-refractivity contribution >= 4 is 11.8 Å². The first-order valence-corrected chi connectivity index (χ1v) is 12.2. The number of urea groups is 1. The number of carbonyl (C=O) groups is 1. The van der Waals surface area contributed by atoms with Gasteiger partial charge in [-0.05, 0) is 68.0 Å². The molecule has 186 valence electrons. The van der Waals surface area contributed by atoms with Gasteiger partial charge in [0.2, 0.25) is 0 Å². The van der Waals surface area contributed by atoms with E-state index < -0.39 is 6.03 Å². The topological polar surface area (TPSA) is 94.6 Å². The fourth-order valence-electron chi connectivity index (χ4n) is 4.82. The Morgan fingerprint density at radius 1 is 1.14 bits per heavy atom. The summed E-state index contributed by atoms with van der Waals surface area (Å²) in [7, 11) is 3.48. The van der Waals surface area contributed by atoms with E-state index in [9.17, 15) is 4.79 Å². The Morgan fingerprint density at radius 3 is 2.71 bits per heavy atom. The number of fused-ring (bicyclic) bond motifs is 1. The van der Waals surface area contributed by atoms with Gasteiger partial charge in [-0.3, -0.25) is 5.32 Å². The number of para-hydroxylation sites is 1. The molecule has 2 amide bonds. The van der Waals surface area contributed by atoms with Crippen molar-refractivity contribution in [2.45, 2.75) is 31.6 Å². The third-order valence-electron chi connectivity index (χ3n) is 6.60. The van der Waals surface area contributed by atoms with Crippen molar-refractivity contribution in [2.24, 2.45) is 5.73 Å². The van der Waals surface area contributed by atoms with E-state index in [0.29, 0.717) is 11.7 Å². The lowest BCUT2D eigenvalue weighted by molar-refractivity contribution is 0.160. The minimum Gasteiger partial charge on any atom is -0.497 e. The van der Waals surface area contributed by atoms with Crippen molar-refractivity contribution in [1.29, 1.82) is 0 Å². The third kappa shape index (κ3) is 6.21. The van der Waals surface area contributed by atoms with Crippen molar-refractivity contribution in [3.63, 3.8) is 0 Å². The van der Waals surface area contributed by atoms with Crippen molar-refractivity contribution in [2.75, 3.05) is 45.8 Å². The number of methoxy groups -OCH3 is 2. The number of aromatic nitrogens is 2. The number of nitrogens with zero attached hydrogens (tertiary/aromatic N) is 3. The fourth-order valence-corrected chi connectivity index (χ4v) is 4.82. The Bertz CT molecular complexity index is 1120. The predicted molar refractivity (Wildman–Crippen MR) is 137 cm³/mol. The van der Waals surface area contributed by atoms with E-state index in [-0.39, 0.29) is 0 Å². The first-order valence-electron chi connectivity index (χ1n) is 12.2. The number of hydrogen-bond acceptors (Lipinski definition) is 5. The molecular formula is C27H35N5O3. The normalized spacial score (nSPS) is 16.9. The van der Waals surface area contributed by atoms with Gasteiger partial charge in [0.15, 0.2) is 0 Å². The van der Waals surface area contributed by atoms with E-state index in [4.69, 9.17) is 15.2 Å². The molecule has 2 aromatic carbocycles. The quantitative estimate of drug-likeness (QED) is 0.537. The second kappa shape index (κ2) is 11.9. The Kier molecular flexibility index (Phi) is 8.39. The second-order valence-electron chi connectivity index (χ2n) is 8.92. The number of nitrogens with two attached hydrogens (primary N) is 1. The highest BCUT2D eigenvalue weighted by molar-refractivity contribution is 5.88. The van der Waals surface area contributed by atoms with E-state index in [1.54, 1.807) is 18.9 Å². The molecule has 8 heteroatoms. The number of benzene rings is 2. The standard InChI is InChI=1S/C14H21NO2.C13H14N4O/c1-16-9-8-15-7-6-13(11-15)12-4-3-5-14(10-12)17-2;14-13(18)15-12-10-7-4-8-11(10)16-17(12)9-5-2-1-3-6-9/h3-5,10,13H,6-9,11H2,1-2H3;1-3,5-6H,4,7-8H2,(H3,14,15,18). The van der Waals surface area contributed by atoms with Crippen LogP contribution < -0.4 is 15.8 Å². The Morgan fingerprint density at radius 2 is 1.97 bits per heavy atom. The van der Waals surface area contributed by atoms with E-state index in [1.807, 2.05) is 36.4 Å². The molecule has 0 radical (unpaired) electrons. The maximum atomic E-state index is 11.1. The van der Waals surface area contributed by atoms with Crippen molar-refractivity contribution in [1.82, 2.24) is 14.7 Å². The van der Waals surface area contributed by atoms with Crippen LogP contribution in [0.3, 0.4) is 0 Å². The maximum Gasteiger partial charge on any atom is 0.317 e. The average molecular weight is 478 g/mol. The molecule has 0 spiro atoms. The minimum atomic E-state index is -0.554. The van der Waals surface area contributed by atoms with Gasteiger partial charge in [0.1, 0.15) is 11.6 Å². The highest BCUT2D eigenvalue weighted by Gasteiger charge is 2.24. The largest absolute Gasteiger partial charge is 0.497 e. The number of hydrogen-bond donors (Lipinski definition) is 2. The Hall–Kier alpha value is -3.36. The summed E-state index contributed by atoms with van der Waals surface area (Å²) >= 11 is 0. The number of amides is 2. The number of rotatable bonds is 7. The highest BCUT2D eigenvalue weighted by atomic mass is 16.5. The number of nitrogens with one attached hydrogen (secondary N) is 1. The van der Waals surface area contributed by atoms with Crippen LogP contribution in [0.1, 0.15) is 35.6 Å². The van der Waals surface area contributed by atoms with E-state index >= 15 is 0 Å². The minimum absolute atomic E-state index is 0.554. The Labute approximate surface area is 207 Å². The average Bonchev–Trinajstić information content (AvgIpc) is 3.61. The van der Waals surface area contributed by atoms with Gasteiger partial charge in [-0.15, -0.1) is 0 Å². The van der Waals surface area contributed by atoms with E-state index in [0.717, 1.165) is 61.7 Å². The van der Waals surface area contributed by atoms with Crippen LogP contribution in [-0.4, -0.2) is 61.2 Å². The first-order chi connectivity index (χ1) is 17.1. The molecule has 1 unspecified atom stereocenters. The fraction of sp³-hybridized carbons (Fsp3) is 0.407. The van der Waals surface area contributed by atoms with Gasteiger partial charge >= 0.3 is 6.03 Å². The molecule has 2 heterocycles. The lowest BCUT2D eigenvalue weighted by Crippen LogP contribution is -2.24. The lowest BCUT2D eigenvalue weighted by Gasteiger charge is -2.15. The third-order valence-corrected chi connectivity index (χ3v) is 6.60. The SMILES string of the molecule is COCCN1CCC(c2cccc(OC)c2)C1.NC(=O)Nc1c2c(nn1-c1ccccc1)CCC2. The van der Waals surface area contributed by atoms with Gasteiger partial charge in [0.25, 0.3) is 0 Å². The molecule has 0 saturated carbocycles. The zero-order chi connectivity index (χ0) is 24.6. The Balaban J connectivity index is 0.000000165. The number of likely N-dealkylation sites (tertiary alicyclic amines) is 1. The maximum absolute atomic E-state index is 11.1. The molecule has 1 saturated heterocycles. The molecule has 3 N–H and O–H groups in total. The van der Waals surface area contributed by atoms with Crippen LogP contribution >= 0.6 is 0 Å². The highest BCUT2D eigenvalue weighted by Crippen LogP contribution is 2.31. The van der Waals surface area contributed by atoms with Gasteiger partial charge in [-0.1, -0.05) is 30.3 Å². The van der Waals surface area contributed by atoms with Crippen molar-refractivity contribution in [3.05, 3.63) is 71.4 Å². The van der Waals surface area contributed by atoms with Crippen LogP contribution in [0.5, 0.6) is 5.75 Å². The van der Waals surface area contributed by atoms with Crippen LogP contribution in [0, 0.1) is 0 Å². The monoisotopic (exact) mass is 477 g/mol. The predicted octanol–water partition coefficient (Wildman–Crippen LogP) is 3.98. The summed E-state index contributed by atoms with van der Waals surface area (Å²) in [5.41, 5.74) is 9.72. The van der Waals surface area contributed by atoms with Gasteiger partial charge in [-0.2, -0.15) is 5.10 Å². The summed E-state index contributed by atoms with van der Waals surface area (Å²) in [5, 5.41) is 7.25. The van der Waals surface area contributed by atoms with Crippen LogP contribution in [0.4, 0.5) is 10.6 Å². The van der Waals surface area contributed by atoms with Gasteiger partial charge < -0.3 is 20.1 Å². The molecule has 0 bridgehead atoms. The van der Waals surface area contributed by atoms with E-state index in [2.05, 4.69) is 33.5 Å². The number of aryl methyl sites for hydroxylation is 1. The zero-order valence-corrected chi connectivity index (χ0v) is 20.6. The summed E-state index contributed by atoms with van der Waals surface area (Å²) in [6.45, 7) is 4.17. The second-order valence-corrected chi connectivity index (χ2v) is 8.92. The molecular weight excluding hydrogens is 442 g/mol. The van der Waals surface area contributed by atoms with Crippen LogP contribution in [0.2, 0.25) is 0 Å². The molecule has 3 aromatic rings. The number of primary amides is 1. The molecule has 1 aliphatic carbocycles. The van der Waals surface area contributed by atoms with Crippen molar-refractivity contribution in [3.8, 4) is 11.4 Å². The first kappa shape index (κ1) is 24.8.